The lowest BCUT2D eigenvalue weighted by Crippen LogP contribution is -2.35. The van der Waals surface area contributed by atoms with Crippen LogP contribution in [0.3, 0.4) is 0 Å². The van der Waals surface area contributed by atoms with Crippen molar-refractivity contribution in [3.63, 3.8) is 0 Å². The lowest BCUT2D eigenvalue weighted by atomic mass is 9.93. The molecule has 5 nitrogen and oxygen atoms in total. The van der Waals surface area contributed by atoms with Gasteiger partial charge in [-0.2, -0.15) is 0 Å². The van der Waals surface area contributed by atoms with Crippen molar-refractivity contribution in [3.05, 3.63) is 35.7 Å². The third kappa shape index (κ3) is 4.32. The molecule has 0 amide bonds. The molecule has 2 N–H and O–H groups in total. The third-order valence-corrected chi connectivity index (χ3v) is 4.76. The van der Waals surface area contributed by atoms with Crippen LogP contribution in [0.5, 0.6) is 5.75 Å². The summed E-state index contributed by atoms with van der Waals surface area (Å²) < 4.78 is 7.14. The minimum absolute atomic E-state index is 0.187. The van der Waals surface area contributed by atoms with Crippen molar-refractivity contribution in [3.8, 4) is 17.0 Å². The van der Waals surface area contributed by atoms with E-state index in [1.165, 1.54) is 0 Å². The first kappa shape index (κ1) is 17.8. The lowest BCUT2D eigenvalue weighted by Gasteiger charge is -2.23. The van der Waals surface area contributed by atoms with Crippen molar-refractivity contribution < 1.29 is 4.74 Å². The molecule has 3 rings (SSSR count). The Morgan fingerprint density at radius 2 is 2.04 bits per heavy atom. The van der Waals surface area contributed by atoms with Gasteiger partial charge in [0.15, 0.2) is 0 Å². The molecule has 0 bridgehead atoms. The highest BCUT2D eigenvalue weighted by Gasteiger charge is 2.17. The van der Waals surface area contributed by atoms with Gasteiger partial charge in [-0.3, -0.25) is 0 Å². The van der Waals surface area contributed by atoms with E-state index in [0.717, 1.165) is 39.5 Å². The second-order valence-corrected chi connectivity index (χ2v) is 8.09. The first-order valence-corrected chi connectivity index (χ1v) is 9.29. The summed E-state index contributed by atoms with van der Waals surface area (Å²) in [7, 11) is 0. The maximum atomic E-state index is 6.10. The van der Waals surface area contributed by atoms with Gasteiger partial charge in [-0.1, -0.05) is 6.92 Å². The Kier molecular flexibility index (Phi) is 5.01. The van der Waals surface area contributed by atoms with E-state index in [0.29, 0.717) is 12.5 Å². The molecule has 1 aromatic carbocycles. The highest BCUT2D eigenvalue weighted by Crippen LogP contribution is 2.35. The monoisotopic (exact) mass is 356 g/mol. The van der Waals surface area contributed by atoms with Gasteiger partial charge in [0.05, 0.1) is 22.5 Å². The zero-order chi connectivity index (χ0) is 18.0. The SMILES string of the molecule is Cc1nccc(-c2ccc(OC[C@@H](C)CC(C)(C)N)c3ncsc23)n1. The van der Waals surface area contributed by atoms with E-state index >= 15 is 0 Å². The van der Waals surface area contributed by atoms with E-state index in [-0.39, 0.29) is 5.54 Å². The van der Waals surface area contributed by atoms with Crippen molar-refractivity contribution in [1.29, 1.82) is 0 Å². The maximum absolute atomic E-state index is 6.10. The molecule has 0 unspecified atom stereocenters. The fourth-order valence-electron chi connectivity index (χ4n) is 3.04. The quantitative estimate of drug-likeness (QED) is 0.716. The predicted octanol–water partition coefficient (Wildman–Crippen LogP) is 4.20. The first-order chi connectivity index (χ1) is 11.8. The van der Waals surface area contributed by atoms with Gasteiger partial charge in [-0.25, -0.2) is 15.0 Å². The standard InChI is InChI=1S/C19H24N4OS/c1-12(9-19(3,4)20)10-24-16-6-5-14(18-17(16)22-11-25-18)15-7-8-21-13(2)23-15/h5-8,11-12H,9-10,20H2,1-4H3/t12-/m0/s1. The molecule has 3 aromatic rings. The molecule has 0 aliphatic carbocycles. The normalized spacial score (nSPS) is 13.2. The van der Waals surface area contributed by atoms with Crippen LogP contribution in [0.4, 0.5) is 0 Å². The van der Waals surface area contributed by atoms with Crippen LogP contribution in [-0.2, 0) is 0 Å². The zero-order valence-electron chi connectivity index (χ0n) is 15.1. The second-order valence-electron chi connectivity index (χ2n) is 7.24. The molecular weight excluding hydrogens is 332 g/mol. The summed E-state index contributed by atoms with van der Waals surface area (Å²) in [5, 5.41) is 0. The van der Waals surface area contributed by atoms with Crippen molar-refractivity contribution in [2.24, 2.45) is 11.7 Å². The van der Waals surface area contributed by atoms with Crippen LogP contribution >= 0.6 is 11.3 Å². The van der Waals surface area contributed by atoms with Crippen molar-refractivity contribution in [2.45, 2.75) is 39.7 Å². The Balaban J connectivity index is 1.85. The third-order valence-electron chi connectivity index (χ3n) is 3.90. The fourth-order valence-corrected chi connectivity index (χ4v) is 3.87. The Bertz CT molecular complexity index is 869. The Labute approximate surface area is 152 Å². The molecular formula is C19H24N4OS. The van der Waals surface area contributed by atoms with E-state index in [1.54, 1.807) is 17.5 Å². The number of ether oxygens (including phenoxy) is 1. The number of fused-ring (bicyclic) bond motifs is 1. The van der Waals surface area contributed by atoms with Gasteiger partial charge in [-0.15, -0.1) is 11.3 Å². The topological polar surface area (TPSA) is 73.9 Å². The average molecular weight is 356 g/mol. The van der Waals surface area contributed by atoms with Crippen LogP contribution in [-0.4, -0.2) is 27.1 Å². The summed E-state index contributed by atoms with van der Waals surface area (Å²) in [4.78, 5) is 13.2. The lowest BCUT2D eigenvalue weighted by molar-refractivity contribution is 0.231. The molecule has 0 aliphatic rings. The smallest absolute Gasteiger partial charge is 0.146 e. The summed E-state index contributed by atoms with van der Waals surface area (Å²) in [6.45, 7) is 8.76. The van der Waals surface area contributed by atoms with Crippen molar-refractivity contribution in [1.82, 2.24) is 15.0 Å². The van der Waals surface area contributed by atoms with E-state index < -0.39 is 0 Å². The van der Waals surface area contributed by atoms with Gasteiger partial charge in [0.2, 0.25) is 0 Å². The largest absolute Gasteiger partial charge is 0.491 e. The van der Waals surface area contributed by atoms with Crippen LogP contribution in [0.1, 0.15) is 33.0 Å². The Morgan fingerprint density at radius 1 is 1.24 bits per heavy atom. The number of nitrogens with two attached hydrogens (primary N) is 1. The summed E-state index contributed by atoms with van der Waals surface area (Å²) in [5.41, 5.74) is 10.6. The summed E-state index contributed by atoms with van der Waals surface area (Å²) in [6, 6.07) is 5.96. The summed E-state index contributed by atoms with van der Waals surface area (Å²) in [6.07, 6.45) is 2.69. The van der Waals surface area contributed by atoms with Gasteiger partial charge in [0.25, 0.3) is 0 Å². The molecule has 0 saturated carbocycles. The molecule has 25 heavy (non-hydrogen) atoms. The van der Waals surface area contributed by atoms with Crippen LogP contribution in [0.25, 0.3) is 21.5 Å². The molecule has 0 saturated heterocycles. The minimum Gasteiger partial charge on any atom is -0.491 e. The van der Waals surface area contributed by atoms with Gasteiger partial charge < -0.3 is 10.5 Å². The van der Waals surface area contributed by atoms with Gasteiger partial charge in [0.1, 0.15) is 17.1 Å². The molecule has 132 valence electrons. The van der Waals surface area contributed by atoms with Crippen LogP contribution in [0.15, 0.2) is 29.9 Å². The minimum atomic E-state index is -0.187. The number of hydrogen-bond donors (Lipinski definition) is 1. The number of nitrogens with zero attached hydrogens (tertiary/aromatic N) is 3. The number of aromatic nitrogens is 3. The molecule has 0 spiro atoms. The zero-order valence-corrected chi connectivity index (χ0v) is 15.9. The number of rotatable bonds is 6. The molecule has 0 radical (unpaired) electrons. The maximum Gasteiger partial charge on any atom is 0.146 e. The Morgan fingerprint density at radius 3 is 2.76 bits per heavy atom. The highest BCUT2D eigenvalue weighted by molar-refractivity contribution is 7.17. The number of benzene rings is 1. The summed E-state index contributed by atoms with van der Waals surface area (Å²) >= 11 is 1.60. The molecule has 0 fully saturated rings. The van der Waals surface area contributed by atoms with Crippen molar-refractivity contribution >= 4 is 21.6 Å². The Hall–Kier alpha value is -2.05. The molecule has 2 heterocycles. The van der Waals surface area contributed by atoms with Gasteiger partial charge in [0, 0.05) is 17.3 Å². The highest BCUT2D eigenvalue weighted by atomic mass is 32.1. The van der Waals surface area contributed by atoms with Crippen molar-refractivity contribution in [2.75, 3.05) is 6.61 Å². The van der Waals surface area contributed by atoms with Crippen LogP contribution in [0, 0.1) is 12.8 Å². The number of aryl methyl sites for hydroxylation is 1. The van der Waals surface area contributed by atoms with E-state index in [2.05, 4.69) is 27.9 Å². The molecule has 2 aromatic heterocycles. The molecule has 6 heteroatoms. The predicted molar refractivity (Wildman–Crippen MR) is 103 cm³/mol. The van der Waals surface area contributed by atoms with E-state index in [1.807, 2.05) is 38.4 Å². The van der Waals surface area contributed by atoms with E-state index in [4.69, 9.17) is 10.5 Å². The van der Waals surface area contributed by atoms with Crippen LogP contribution in [0.2, 0.25) is 0 Å². The van der Waals surface area contributed by atoms with E-state index in [9.17, 15) is 0 Å². The van der Waals surface area contributed by atoms with Gasteiger partial charge in [-0.05, 0) is 51.3 Å². The average Bonchev–Trinajstić information content (AvgIpc) is 3.00. The van der Waals surface area contributed by atoms with Crippen LogP contribution < -0.4 is 10.5 Å². The molecule has 1 atom stereocenters. The summed E-state index contributed by atoms with van der Waals surface area (Å²) in [5.74, 6) is 1.94. The second kappa shape index (κ2) is 7.06. The number of hydrogen-bond acceptors (Lipinski definition) is 6. The first-order valence-electron chi connectivity index (χ1n) is 8.41. The number of thiazole rings is 1. The molecule has 0 aliphatic heterocycles. The fraction of sp³-hybridized carbons (Fsp3) is 0.421. The van der Waals surface area contributed by atoms with Gasteiger partial charge >= 0.3 is 0 Å².